The second-order valence-corrected chi connectivity index (χ2v) is 13.9. The molecule has 1 atom stereocenters. The maximum Gasteiger partial charge on any atom is 0.306 e. The number of allylic oxidation sites excluding steroid dienone is 4. The Hall–Kier alpha value is -2.11. The molecule has 0 radical (unpaired) electrons. The van der Waals surface area contributed by atoms with Gasteiger partial charge in [0.2, 0.25) is 0 Å². The van der Waals surface area contributed by atoms with Crippen molar-refractivity contribution in [1.82, 2.24) is 0 Å². The topological polar surface area (TPSA) is 78.9 Å². The molecule has 0 amide bonds. The van der Waals surface area contributed by atoms with E-state index in [1.807, 2.05) is 0 Å². The van der Waals surface area contributed by atoms with Crippen LogP contribution in [0.1, 0.15) is 213 Å². The Kier molecular flexibility index (Phi) is 37.0. The number of esters is 3. The molecule has 6 nitrogen and oxygen atoms in total. The van der Waals surface area contributed by atoms with Crippen molar-refractivity contribution < 1.29 is 28.6 Å². The van der Waals surface area contributed by atoms with Gasteiger partial charge in [-0.05, 0) is 64.2 Å². The van der Waals surface area contributed by atoms with Crippen molar-refractivity contribution in [2.75, 3.05) is 13.2 Å². The maximum atomic E-state index is 12.6. The summed E-state index contributed by atoms with van der Waals surface area (Å²) in [7, 11) is 0. The van der Waals surface area contributed by atoms with Gasteiger partial charge >= 0.3 is 17.9 Å². The number of unbranched alkanes of at least 4 members (excludes halogenated alkanes) is 22. The molecular weight excluding hydrogens is 612 g/mol. The molecule has 49 heavy (non-hydrogen) atoms. The first-order valence-electron chi connectivity index (χ1n) is 20.8. The zero-order valence-electron chi connectivity index (χ0n) is 32.5. The summed E-state index contributed by atoms with van der Waals surface area (Å²) in [4.78, 5) is 37.5. The van der Waals surface area contributed by atoms with Crippen LogP contribution in [0.3, 0.4) is 0 Å². The molecule has 0 heterocycles. The monoisotopic (exact) mass is 691 g/mol. The van der Waals surface area contributed by atoms with Gasteiger partial charge < -0.3 is 14.2 Å². The lowest BCUT2D eigenvalue weighted by molar-refractivity contribution is -0.167. The van der Waals surface area contributed by atoms with Crippen molar-refractivity contribution in [2.24, 2.45) is 0 Å². The molecule has 1 unspecified atom stereocenters. The van der Waals surface area contributed by atoms with Crippen molar-refractivity contribution in [3.63, 3.8) is 0 Å². The smallest absolute Gasteiger partial charge is 0.306 e. The number of hydrogen-bond acceptors (Lipinski definition) is 6. The number of ether oxygens (including phenoxy) is 3. The first-order valence-corrected chi connectivity index (χ1v) is 20.8. The van der Waals surface area contributed by atoms with Crippen LogP contribution in [0.15, 0.2) is 24.3 Å². The van der Waals surface area contributed by atoms with E-state index in [1.54, 1.807) is 0 Å². The molecule has 0 saturated heterocycles. The fourth-order valence-corrected chi connectivity index (χ4v) is 5.71. The summed E-state index contributed by atoms with van der Waals surface area (Å²) in [5.41, 5.74) is 0. The molecule has 0 fully saturated rings. The van der Waals surface area contributed by atoms with Crippen LogP contribution in [0.2, 0.25) is 0 Å². The van der Waals surface area contributed by atoms with Crippen molar-refractivity contribution in [3.05, 3.63) is 24.3 Å². The average Bonchev–Trinajstić information content (AvgIpc) is 3.10. The predicted molar refractivity (Wildman–Crippen MR) is 206 cm³/mol. The first kappa shape index (κ1) is 46.9. The summed E-state index contributed by atoms with van der Waals surface area (Å²) in [5.74, 6) is -0.901. The molecule has 0 aliphatic heterocycles. The number of carbonyl (C=O) groups is 3. The Morgan fingerprint density at radius 1 is 0.388 bits per heavy atom. The molecule has 0 aromatic rings. The summed E-state index contributed by atoms with van der Waals surface area (Å²) in [5, 5.41) is 0. The normalized spacial score (nSPS) is 12.1. The lowest BCUT2D eigenvalue weighted by Crippen LogP contribution is -2.30. The van der Waals surface area contributed by atoms with Crippen LogP contribution in [0.4, 0.5) is 0 Å². The van der Waals surface area contributed by atoms with E-state index >= 15 is 0 Å². The molecular formula is C43H78O6. The molecule has 0 aliphatic rings. The van der Waals surface area contributed by atoms with Gasteiger partial charge in [-0.15, -0.1) is 0 Å². The second kappa shape index (κ2) is 38.7. The van der Waals surface area contributed by atoms with Crippen molar-refractivity contribution >= 4 is 17.9 Å². The number of carbonyl (C=O) groups excluding carboxylic acids is 3. The van der Waals surface area contributed by atoms with Gasteiger partial charge in [0.1, 0.15) is 13.2 Å². The standard InChI is InChI=1S/C43H78O6/c1-4-7-10-13-16-19-21-23-24-27-30-33-36-42(45)48-39-40(38-47-41(44)35-32-29-26-18-15-12-9-6-3)49-43(46)37-34-31-28-25-22-20-17-14-11-8-5-2/h14,16-17,19,40H,4-13,15,18,20-39H2,1-3H3/b17-14-,19-16-. The minimum atomic E-state index is -0.770. The van der Waals surface area contributed by atoms with Gasteiger partial charge in [0.05, 0.1) is 0 Å². The molecule has 0 aromatic heterocycles. The minimum Gasteiger partial charge on any atom is -0.462 e. The third kappa shape index (κ3) is 37.0. The third-order valence-electron chi connectivity index (χ3n) is 8.93. The summed E-state index contributed by atoms with van der Waals surface area (Å²) >= 11 is 0. The summed E-state index contributed by atoms with van der Waals surface area (Å²) in [6, 6.07) is 0. The van der Waals surface area contributed by atoms with Crippen molar-refractivity contribution in [3.8, 4) is 0 Å². The quantitative estimate of drug-likeness (QED) is 0.0279. The SMILES string of the molecule is CCCC/C=C\CCCCCCCC(=O)OC(COC(=O)CCCCCCC/C=C\CCCCC)COC(=O)CCCCCCCCCC. The zero-order valence-corrected chi connectivity index (χ0v) is 32.5. The van der Waals surface area contributed by atoms with Crippen LogP contribution < -0.4 is 0 Å². The Balaban J connectivity index is 4.37. The van der Waals surface area contributed by atoms with Crippen LogP contribution in [-0.4, -0.2) is 37.2 Å². The van der Waals surface area contributed by atoms with Gasteiger partial charge in [0.25, 0.3) is 0 Å². The number of rotatable bonds is 37. The Bertz CT molecular complexity index is 804. The molecule has 0 saturated carbocycles. The van der Waals surface area contributed by atoms with E-state index in [0.29, 0.717) is 19.3 Å². The molecule has 0 rings (SSSR count). The Morgan fingerprint density at radius 2 is 0.694 bits per heavy atom. The molecule has 6 heteroatoms. The summed E-state index contributed by atoms with van der Waals surface area (Å²) in [6.45, 7) is 6.51. The highest BCUT2D eigenvalue weighted by Gasteiger charge is 2.19. The third-order valence-corrected chi connectivity index (χ3v) is 8.93. The van der Waals surface area contributed by atoms with Crippen LogP contribution in [0.5, 0.6) is 0 Å². The van der Waals surface area contributed by atoms with E-state index in [4.69, 9.17) is 14.2 Å². The molecule has 286 valence electrons. The van der Waals surface area contributed by atoms with Gasteiger partial charge in [-0.2, -0.15) is 0 Å². The van der Waals surface area contributed by atoms with Gasteiger partial charge in [0, 0.05) is 19.3 Å². The Labute approximate surface area is 303 Å². The highest BCUT2D eigenvalue weighted by molar-refractivity contribution is 5.71. The lowest BCUT2D eigenvalue weighted by atomic mass is 10.1. The molecule has 0 aromatic carbocycles. The van der Waals surface area contributed by atoms with Gasteiger partial charge in [0.15, 0.2) is 6.10 Å². The van der Waals surface area contributed by atoms with E-state index in [2.05, 4.69) is 45.1 Å². The van der Waals surface area contributed by atoms with Gasteiger partial charge in [-0.25, -0.2) is 0 Å². The minimum absolute atomic E-state index is 0.0757. The highest BCUT2D eigenvalue weighted by atomic mass is 16.6. The highest BCUT2D eigenvalue weighted by Crippen LogP contribution is 2.13. The van der Waals surface area contributed by atoms with Crippen LogP contribution in [0.25, 0.3) is 0 Å². The first-order chi connectivity index (χ1) is 24.0. The van der Waals surface area contributed by atoms with Crippen molar-refractivity contribution in [1.29, 1.82) is 0 Å². The van der Waals surface area contributed by atoms with E-state index < -0.39 is 6.10 Å². The van der Waals surface area contributed by atoms with E-state index in [1.165, 1.54) is 96.3 Å². The molecule has 0 bridgehead atoms. The van der Waals surface area contributed by atoms with Crippen LogP contribution in [0, 0.1) is 0 Å². The van der Waals surface area contributed by atoms with Crippen molar-refractivity contribution in [2.45, 2.75) is 219 Å². The van der Waals surface area contributed by atoms with Gasteiger partial charge in [-0.1, -0.05) is 154 Å². The van der Waals surface area contributed by atoms with Crippen LogP contribution in [-0.2, 0) is 28.6 Å². The fourth-order valence-electron chi connectivity index (χ4n) is 5.71. The van der Waals surface area contributed by atoms with Crippen LogP contribution >= 0.6 is 0 Å². The molecule has 0 N–H and O–H groups in total. The van der Waals surface area contributed by atoms with E-state index in [9.17, 15) is 14.4 Å². The van der Waals surface area contributed by atoms with E-state index in [0.717, 1.165) is 77.0 Å². The summed E-state index contributed by atoms with van der Waals surface area (Å²) in [6.07, 6.45) is 40.2. The second-order valence-electron chi connectivity index (χ2n) is 13.9. The largest absolute Gasteiger partial charge is 0.462 e. The molecule has 0 aliphatic carbocycles. The van der Waals surface area contributed by atoms with Gasteiger partial charge in [-0.3, -0.25) is 14.4 Å². The van der Waals surface area contributed by atoms with E-state index in [-0.39, 0.29) is 31.1 Å². The maximum absolute atomic E-state index is 12.6. The lowest BCUT2D eigenvalue weighted by Gasteiger charge is -2.18. The predicted octanol–water partition coefficient (Wildman–Crippen LogP) is 12.9. The number of hydrogen-bond donors (Lipinski definition) is 0. The zero-order chi connectivity index (χ0) is 35.9. The summed E-state index contributed by atoms with van der Waals surface area (Å²) < 4.78 is 16.6. The fraction of sp³-hybridized carbons (Fsp3) is 0.837. The Morgan fingerprint density at radius 3 is 1.12 bits per heavy atom. The average molecular weight is 691 g/mol. The molecule has 0 spiro atoms.